The zero-order valence-electron chi connectivity index (χ0n) is 29.9. The van der Waals surface area contributed by atoms with Crippen molar-refractivity contribution in [3.05, 3.63) is 193 Å². The summed E-state index contributed by atoms with van der Waals surface area (Å²) in [6.45, 7) is 2.08. The number of nitrogens with two attached hydrogens (primary N) is 1. The number of hydrogen-bond acceptors (Lipinski definition) is 1. The third kappa shape index (κ3) is 4.45. The highest BCUT2D eigenvalue weighted by atomic mass is 14.6. The van der Waals surface area contributed by atoms with E-state index < -0.39 is 0 Å². The van der Waals surface area contributed by atoms with E-state index in [1.165, 1.54) is 99.4 Å². The quantitative estimate of drug-likeness (QED) is 0.179. The van der Waals surface area contributed by atoms with Crippen LogP contribution in [0.15, 0.2) is 182 Å². The van der Waals surface area contributed by atoms with Crippen LogP contribution in [0.5, 0.6) is 0 Å². The Kier molecular flexibility index (Phi) is 6.69. The third-order valence-electron chi connectivity index (χ3n) is 11.7. The number of allylic oxidation sites excluding steroid dienone is 1. The second kappa shape index (κ2) is 11.8. The van der Waals surface area contributed by atoms with E-state index in [2.05, 4.69) is 171 Å². The predicted octanol–water partition coefficient (Wildman–Crippen LogP) is 14.3. The van der Waals surface area contributed by atoms with Gasteiger partial charge in [0.15, 0.2) is 0 Å². The molecule has 2 aliphatic carbocycles. The van der Waals surface area contributed by atoms with Gasteiger partial charge in [0, 0.05) is 11.3 Å². The van der Waals surface area contributed by atoms with Crippen molar-refractivity contribution < 1.29 is 0 Å². The lowest BCUT2D eigenvalue weighted by Crippen LogP contribution is -1.95. The van der Waals surface area contributed by atoms with E-state index in [0.29, 0.717) is 0 Å². The molecule has 0 amide bonds. The fourth-order valence-electron chi connectivity index (χ4n) is 9.29. The van der Waals surface area contributed by atoms with E-state index in [0.717, 1.165) is 22.4 Å². The minimum Gasteiger partial charge on any atom is -0.398 e. The highest BCUT2D eigenvalue weighted by Crippen LogP contribution is 2.52. The fraction of sp³-hybridized carbons (Fsp3) is 0.0189. The Morgan fingerprint density at radius 2 is 0.796 bits per heavy atom. The summed E-state index contributed by atoms with van der Waals surface area (Å²) in [5.41, 5.74) is 28.4. The molecule has 0 atom stereocenters. The van der Waals surface area contributed by atoms with Gasteiger partial charge in [-0.25, -0.2) is 0 Å². The molecule has 0 bridgehead atoms. The first kappa shape index (κ1) is 30.6. The van der Waals surface area contributed by atoms with Gasteiger partial charge in [-0.1, -0.05) is 158 Å². The van der Waals surface area contributed by atoms with Gasteiger partial charge < -0.3 is 5.73 Å². The van der Waals surface area contributed by atoms with E-state index in [1.54, 1.807) is 0 Å². The third-order valence-corrected chi connectivity index (χ3v) is 11.7. The van der Waals surface area contributed by atoms with Crippen LogP contribution in [0.3, 0.4) is 0 Å². The monoisotopic (exact) mass is 685 g/mol. The number of benzene rings is 9. The van der Waals surface area contributed by atoms with E-state index in [4.69, 9.17) is 5.73 Å². The van der Waals surface area contributed by atoms with Gasteiger partial charge in [-0.15, -0.1) is 0 Å². The maximum Gasteiger partial charge on any atom is 0.0393 e. The zero-order chi connectivity index (χ0) is 35.9. The first-order valence-electron chi connectivity index (χ1n) is 18.7. The highest BCUT2D eigenvalue weighted by Gasteiger charge is 2.25. The lowest BCUT2D eigenvalue weighted by atomic mass is 9.87. The molecule has 11 rings (SSSR count). The Balaban J connectivity index is 1.12. The van der Waals surface area contributed by atoms with Crippen LogP contribution in [0.25, 0.3) is 105 Å². The van der Waals surface area contributed by atoms with Gasteiger partial charge >= 0.3 is 0 Å². The molecule has 252 valence electrons. The minimum absolute atomic E-state index is 0.786. The summed E-state index contributed by atoms with van der Waals surface area (Å²) in [6.07, 6.45) is 2.15. The van der Waals surface area contributed by atoms with E-state index >= 15 is 0 Å². The zero-order valence-corrected chi connectivity index (χ0v) is 29.9. The van der Waals surface area contributed by atoms with Gasteiger partial charge in [0.1, 0.15) is 0 Å². The van der Waals surface area contributed by atoms with E-state index in [1.807, 2.05) is 18.2 Å². The van der Waals surface area contributed by atoms with E-state index in [-0.39, 0.29) is 0 Å². The smallest absolute Gasteiger partial charge is 0.0393 e. The summed E-state index contributed by atoms with van der Waals surface area (Å²) in [5.74, 6) is 0. The fourth-order valence-corrected chi connectivity index (χ4v) is 9.29. The SMILES string of the molecule is C/C=C(/c1ccc(-c2cc(-c3ccc4c5c(cccc35)-c3ccccc3-4)cc(-c3ccc4c5c(cccc35)-c3ccccc3-4)c2)cc1)c1ccccc1N. The maximum absolute atomic E-state index is 6.43. The van der Waals surface area contributed by atoms with Crippen molar-refractivity contribution in [3.8, 4) is 77.9 Å². The number of hydrogen-bond donors (Lipinski definition) is 1. The predicted molar refractivity (Wildman–Crippen MR) is 230 cm³/mol. The van der Waals surface area contributed by atoms with Crippen molar-refractivity contribution in [2.24, 2.45) is 0 Å². The molecule has 2 N–H and O–H groups in total. The van der Waals surface area contributed by atoms with E-state index in [9.17, 15) is 0 Å². The Morgan fingerprint density at radius 1 is 0.370 bits per heavy atom. The number of para-hydroxylation sites is 1. The van der Waals surface area contributed by atoms with Crippen molar-refractivity contribution >= 4 is 32.8 Å². The number of fused-ring (bicyclic) bond motifs is 6. The molecule has 1 heteroatoms. The first-order valence-corrected chi connectivity index (χ1v) is 18.7. The van der Waals surface area contributed by atoms with Crippen LogP contribution in [-0.2, 0) is 0 Å². The van der Waals surface area contributed by atoms with Crippen LogP contribution < -0.4 is 5.73 Å². The van der Waals surface area contributed by atoms with Gasteiger partial charge in [-0.3, -0.25) is 0 Å². The molecule has 0 fully saturated rings. The molecule has 0 heterocycles. The molecule has 0 unspecified atom stereocenters. The molecule has 9 aromatic carbocycles. The van der Waals surface area contributed by atoms with Crippen molar-refractivity contribution in [2.75, 3.05) is 5.73 Å². The summed E-state index contributed by atoms with van der Waals surface area (Å²) in [5, 5.41) is 5.26. The van der Waals surface area contributed by atoms with Gasteiger partial charge in [0.2, 0.25) is 0 Å². The van der Waals surface area contributed by atoms with Crippen molar-refractivity contribution in [1.82, 2.24) is 0 Å². The highest BCUT2D eigenvalue weighted by molar-refractivity contribution is 6.20. The summed E-state index contributed by atoms with van der Waals surface area (Å²) in [4.78, 5) is 0. The number of anilines is 1. The Morgan fingerprint density at radius 3 is 1.30 bits per heavy atom. The lowest BCUT2D eigenvalue weighted by Gasteiger charge is -2.16. The summed E-state index contributed by atoms with van der Waals surface area (Å²) >= 11 is 0. The summed E-state index contributed by atoms with van der Waals surface area (Å²) in [6, 6.07) is 64.8. The average molecular weight is 686 g/mol. The molecule has 0 aromatic heterocycles. The molecule has 9 aromatic rings. The Hall–Kier alpha value is -6.96. The normalized spacial score (nSPS) is 12.4. The standard InChI is InChI=1S/C53H35N/c1-2-37(44-15-7-8-20-51(44)54)33-23-21-32(22-24-33)34-29-35(38-25-27-49-42-13-5-3-11-40(42)47-18-9-16-45(38)52(47)49)31-36(30-34)39-26-28-50-43-14-6-4-12-41(43)48-19-10-17-46(39)53(48)50/h2-31H,54H2,1H3/b37-2-. The van der Waals surface area contributed by atoms with Gasteiger partial charge in [-0.05, 0) is 142 Å². The van der Waals surface area contributed by atoms with Crippen LogP contribution in [-0.4, -0.2) is 0 Å². The largest absolute Gasteiger partial charge is 0.398 e. The van der Waals surface area contributed by atoms with Crippen LogP contribution >= 0.6 is 0 Å². The van der Waals surface area contributed by atoms with Crippen LogP contribution in [0, 0.1) is 0 Å². The van der Waals surface area contributed by atoms with Crippen LogP contribution in [0.1, 0.15) is 18.1 Å². The second-order valence-corrected chi connectivity index (χ2v) is 14.5. The maximum atomic E-state index is 6.43. The topological polar surface area (TPSA) is 26.0 Å². The average Bonchev–Trinajstić information content (AvgIpc) is 3.74. The molecule has 54 heavy (non-hydrogen) atoms. The lowest BCUT2D eigenvalue weighted by molar-refractivity contribution is 1.52. The molecule has 0 saturated carbocycles. The molecule has 1 nitrogen and oxygen atoms in total. The molecular formula is C53H35N. The first-order chi connectivity index (χ1) is 26.7. The molecular weight excluding hydrogens is 651 g/mol. The Labute approximate surface area is 315 Å². The van der Waals surface area contributed by atoms with Gasteiger partial charge in [-0.2, -0.15) is 0 Å². The summed E-state index contributed by atoms with van der Waals surface area (Å²) < 4.78 is 0. The molecule has 0 radical (unpaired) electrons. The molecule has 0 aliphatic heterocycles. The number of nitrogen functional groups attached to an aromatic ring is 1. The van der Waals surface area contributed by atoms with Crippen LogP contribution in [0.2, 0.25) is 0 Å². The van der Waals surface area contributed by atoms with Crippen molar-refractivity contribution in [3.63, 3.8) is 0 Å². The van der Waals surface area contributed by atoms with Gasteiger partial charge in [0.05, 0.1) is 0 Å². The minimum atomic E-state index is 0.786. The molecule has 0 spiro atoms. The van der Waals surface area contributed by atoms with Crippen molar-refractivity contribution in [1.29, 1.82) is 0 Å². The van der Waals surface area contributed by atoms with Crippen molar-refractivity contribution in [2.45, 2.75) is 6.92 Å². The summed E-state index contributed by atoms with van der Waals surface area (Å²) in [7, 11) is 0. The number of rotatable bonds is 5. The second-order valence-electron chi connectivity index (χ2n) is 14.5. The van der Waals surface area contributed by atoms with Crippen LogP contribution in [0.4, 0.5) is 5.69 Å². The Bertz CT molecular complexity index is 2840. The molecule has 0 saturated heterocycles. The molecule has 2 aliphatic rings. The van der Waals surface area contributed by atoms with Gasteiger partial charge in [0.25, 0.3) is 0 Å².